The summed E-state index contributed by atoms with van der Waals surface area (Å²) in [5.41, 5.74) is 6.64. The molecule has 0 saturated heterocycles. The average Bonchev–Trinajstić information content (AvgIpc) is 2.98. The van der Waals surface area contributed by atoms with Crippen LogP contribution in [0, 0.1) is 0 Å². The van der Waals surface area contributed by atoms with Crippen LogP contribution in [0.2, 0.25) is 0 Å². The van der Waals surface area contributed by atoms with Crippen molar-refractivity contribution in [2.75, 3.05) is 6.61 Å². The first kappa shape index (κ1) is 12.7. The number of nitrogens with one attached hydrogen (secondary N) is 1. The Kier molecular flexibility index (Phi) is 4.03. The summed E-state index contributed by atoms with van der Waals surface area (Å²) < 4.78 is 6.73. The van der Waals surface area contributed by atoms with E-state index in [-0.39, 0.29) is 6.61 Å². The minimum atomic E-state index is -0.596. The Morgan fingerprint density at radius 1 is 1.56 bits per heavy atom. The largest absolute Gasteiger partial charge is 0.394 e. The summed E-state index contributed by atoms with van der Waals surface area (Å²) in [5.74, 6) is 0.758. The van der Waals surface area contributed by atoms with Gasteiger partial charge >= 0.3 is 0 Å². The fourth-order valence-corrected chi connectivity index (χ4v) is 1.45. The Balaban J connectivity index is 1.81. The molecule has 1 unspecified atom stereocenters. The predicted octanol–water partition coefficient (Wildman–Crippen LogP) is -0.915. The van der Waals surface area contributed by atoms with Crippen molar-refractivity contribution in [2.45, 2.75) is 19.1 Å². The molecule has 0 aliphatic carbocycles. The molecule has 0 aliphatic heterocycles. The summed E-state index contributed by atoms with van der Waals surface area (Å²) in [5, 5.41) is 19.8. The van der Waals surface area contributed by atoms with Crippen LogP contribution in [0.25, 0.3) is 0 Å². The second-order valence-corrected chi connectivity index (χ2v) is 3.96. The van der Waals surface area contributed by atoms with Gasteiger partial charge in [0.25, 0.3) is 0 Å². The van der Waals surface area contributed by atoms with Crippen molar-refractivity contribution >= 4 is 0 Å². The normalized spacial score (nSPS) is 12.8. The molecule has 0 fully saturated rings. The third kappa shape index (κ3) is 3.13. The molecule has 0 aromatic carbocycles. The maximum absolute atomic E-state index is 8.85. The summed E-state index contributed by atoms with van der Waals surface area (Å²) in [6.45, 7) is 0.903. The van der Waals surface area contributed by atoms with Crippen molar-refractivity contribution in [3.63, 3.8) is 0 Å². The number of hydrogen-bond donors (Lipinski definition) is 3. The Hall–Kier alpha value is -1.77. The zero-order valence-corrected chi connectivity index (χ0v) is 10.1. The molecule has 0 aliphatic rings. The van der Waals surface area contributed by atoms with Gasteiger partial charge in [-0.25, -0.2) is 0 Å². The first-order chi connectivity index (χ1) is 8.69. The van der Waals surface area contributed by atoms with Crippen molar-refractivity contribution in [1.82, 2.24) is 25.2 Å². The number of nitrogens with zero attached hydrogens (tertiary/aromatic N) is 4. The van der Waals surface area contributed by atoms with Gasteiger partial charge in [-0.3, -0.25) is 4.68 Å². The van der Waals surface area contributed by atoms with Gasteiger partial charge in [-0.1, -0.05) is 5.16 Å². The Morgan fingerprint density at radius 3 is 3.06 bits per heavy atom. The van der Waals surface area contributed by atoms with Crippen LogP contribution in [0.15, 0.2) is 16.9 Å². The molecule has 18 heavy (non-hydrogen) atoms. The van der Waals surface area contributed by atoms with E-state index in [4.69, 9.17) is 15.4 Å². The summed E-state index contributed by atoms with van der Waals surface area (Å²) >= 11 is 0. The number of hydrogen-bond acceptors (Lipinski definition) is 7. The van der Waals surface area contributed by atoms with Gasteiger partial charge in [0.2, 0.25) is 5.89 Å². The molecule has 4 N–H and O–H groups in total. The van der Waals surface area contributed by atoms with Crippen LogP contribution in [0.3, 0.4) is 0 Å². The summed E-state index contributed by atoms with van der Waals surface area (Å²) in [4.78, 5) is 4.07. The van der Waals surface area contributed by atoms with Crippen LogP contribution >= 0.6 is 0 Å². The second kappa shape index (κ2) is 5.71. The molecule has 2 aromatic rings. The van der Waals surface area contributed by atoms with Crippen molar-refractivity contribution in [2.24, 2.45) is 12.8 Å². The van der Waals surface area contributed by atoms with Crippen LogP contribution in [0.4, 0.5) is 0 Å². The van der Waals surface area contributed by atoms with E-state index < -0.39 is 6.04 Å². The lowest BCUT2D eigenvalue weighted by Crippen LogP contribution is -2.16. The predicted molar refractivity (Wildman–Crippen MR) is 62.1 cm³/mol. The van der Waals surface area contributed by atoms with Crippen molar-refractivity contribution in [3.8, 4) is 0 Å². The van der Waals surface area contributed by atoms with Crippen LogP contribution in [-0.4, -0.2) is 31.6 Å². The third-order valence-corrected chi connectivity index (χ3v) is 2.38. The van der Waals surface area contributed by atoms with E-state index in [0.29, 0.717) is 24.8 Å². The summed E-state index contributed by atoms with van der Waals surface area (Å²) in [6, 6.07) is -0.596. The van der Waals surface area contributed by atoms with E-state index in [2.05, 4.69) is 20.6 Å². The van der Waals surface area contributed by atoms with Crippen LogP contribution in [-0.2, 0) is 20.1 Å². The number of aliphatic hydroxyl groups is 1. The monoisotopic (exact) mass is 252 g/mol. The molecular weight excluding hydrogens is 236 g/mol. The molecule has 8 heteroatoms. The summed E-state index contributed by atoms with van der Waals surface area (Å²) in [6.07, 6.45) is 3.71. The molecule has 0 saturated carbocycles. The number of aliphatic hydroxyl groups excluding tert-OH is 1. The minimum absolute atomic E-state index is 0.206. The zero-order valence-electron chi connectivity index (χ0n) is 10.1. The highest BCUT2D eigenvalue weighted by molar-refractivity contribution is 5.03. The van der Waals surface area contributed by atoms with Gasteiger partial charge < -0.3 is 20.7 Å². The van der Waals surface area contributed by atoms with Crippen molar-refractivity contribution in [1.29, 1.82) is 0 Å². The molecule has 2 rings (SSSR count). The van der Waals surface area contributed by atoms with Crippen LogP contribution in [0.5, 0.6) is 0 Å². The first-order valence-electron chi connectivity index (χ1n) is 5.56. The van der Waals surface area contributed by atoms with Crippen LogP contribution in [0.1, 0.15) is 23.3 Å². The van der Waals surface area contributed by atoms with E-state index >= 15 is 0 Å². The lowest BCUT2D eigenvalue weighted by atomic mass is 10.3. The first-order valence-corrected chi connectivity index (χ1v) is 5.56. The van der Waals surface area contributed by atoms with Gasteiger partial charge in [0, 0.05) is 25.4 Å². The van der Waals surface area contributed by atoms with Gasteiger partial charge in [-0.15, -0.1) is 0 Å². The molecule has 0 spiro atoms. The second-order valence-electron chi connectivity index (χ2n) is 3.96. The molecule has 0 bridgehead atoms. The van der Waals surface area contributed by atoms with Gasteiger partial charge in [0.15, 0.2) is 5.82 Å². The Labute approximate surface area is 104 Å². The molecule has 1 atom stereocenters. The topological polar surface area (TPSA) is 115 Å². The van der Waals surface area contributed by atoms with E-state index in [1.807, 2.05) is 13.2 Å². The number of aryl methyl sites for hydroxylation is 1. The fraction of sp³-hybridized carbons (Fsp3) is 0.500. The molecule has 2 heterocycles. The number of aromatic nitrogens is 4. The van der Waals surface area contributed by atoms with Crippen LogP contribution < -0.4 is 11.1 Å². The molecule has 8 nitrogen and oxygen atoms in total. The third-order valence-electron chi connectivity index (χ3n) is 2.38. The van der Waals surface area contributed by atoms with Crippen molar-refractivity contribution in [3.05, 3.63) is 29.7 Å². The lowest BCUT2D eigenvalue weighted by molar-refractivity contribution is 0.259. The highest BCUT2D eigenvalue weighted by Gasteiger charge is 2.12. The SMILES string of the molecule is Cn1cc(CNCc2nc(C(N)CO)no2)cn1. The smallest absolute Gasteiger partial charge is 0.240 e. The number of nitrogens with two attached hydrogens (primary N) is 1. The Bertz CT molecular complexity index is 494. The van der Waals surface area contributed by atoms with E-state index in [1.165, 1.54) is 0 Å². The average molecular weight is 252 g/mol. The molecule has 2 aromatic heterocycles. The fourth-order valence-electron chi connectivity index (χ4n) is 1.45. The van der Waals surface area contributed by atoms with Crippen molar-refractivity contribution < 1.29 is 9.63 Å². The summed E-state index contributed by atoms with van der Waals surface area (Å²) in [7, 11) is 1.87. The Morgan fingerprint density at radius 2 is 2.39 bits per heavy atom. The molecule has 98 valence electrons. The molecule has 0 radical (unpaired) electrons. The lowest BCUT2D eigenvalue weighted by Gasteiger charge is -1.99. The van der Waals surface area contributed by atoms with E-state index in [0.717, 1.165) is 5.56 Å². The van der Waals surface area contributed by atoms with Gasteiger partial charge in [-0.05, 0) is 0 Å². The highest BCUT2D eigenvalue weighted by Crippen LogP contribution is 2.05. The maximum atomic E-state index is 8.85. The maximum Gasteiger partial charge on any atom is 0.240 e. The minimum Gasteiger partial charge on any atom is -0.394 e. The molecule has 0 amide bonds. The van der Waals surface area contributed by atoms with Gasteiger partial charge in [0.05, 0.1) is 25.4 Å². The zero-order chi connectivity index (χ0) is 13.0. The van der Waals surface area contributed by atoms with Gasteiger partial charge in [0.1, 0.15) is 0 Å². The number of rotatable bonds is 6. The quantitative estimate of drug-likeness (QED) is 0.609. The standard InChI is InChI=1S/C10H16N6O2/c1-16-5-7(3-13-16)2-12-4-9-14-10(15-18-9)8(11)6-17/h3,5,8,12,17H,2,4,6,11H2,1H3. The van der Waals surface area contributed by atoms with E-state index in [9.17, 15) is 0 Å². The highest BCUT2D eigenvalue weighted by atomic mass is 16.5. The van der Waals surface area contributed by atoms with E-state index in [1.54, 1.807) is 10.9 Å². The van der Waals surface area contributed by atoms with Gasteiger partial charge in [-0.2, -0.15) is 10.1 Å². The molecular formula is C10H16N6O2.